The molecule has 1 N–H and O–H groups in total. The van der Waals surface area contributed by atoms with E-state index in [1.165, 1.54) is 10.4 Å². The van der Waals surface area contributed by atoms with Crippen LogP contribution in [-0.4, -0.2) is 57.3 Å². The second-order valence-corrected chi connectivity index (χ2v) is 17.3. The number of ether oxygens (including phenoxy) is 4. The average molecular weight is 619 g/mol. The number of methoxy groups -OCH3 is 1. The Hall–Kier alpha value is -2.78. The van der Waals surface area contributed by atoms with Crippen molar-refractivity contribution in [2.24, 2.45) is 0 Å². The summed E-state index contributed by atoms with van der Waals surface area (Å²) in [5, 5.41) is 12.2. The quantitative estimate of drug-likeness (QED) is 0.167. The lowest BCUT2D eigenvalue weighted by molar-refractivity contribution is -0.156. The molecule has 7 heteroatoms. The molecule has 4 rings (SSSR count). The summed E-state index contributed by atoms with van der Waals surface area (Å²) in [6, 6.07) is 29.3. The van der Waals surface area contributed by atoms with Crippen LogP contribution < -0.4 is 15.1 Å². The van der Waals surface area contributed by atoms with Crippen LogP contribution >= 0.6 is 0 Å². The van der Waals surface area contributed by atoms with Gasteiger partial charge >= 0.3 is 0 Å². The van der Waals surface area contributed by atoms with Crippen LogP contribution in [0.2, 0.25) is 5.04 Å². The van der Waals surface area contributed by atoms with Gasteiger partial charge in [0.2, 0.25) is 0 Å². The lowest BCUT2D eigenvalue weighted by Gasteiger charge is -2.44. The third-order valence-electron chi connectivity index (χ3n) is 8.15. The first-order valence-electron chi connectivity index (χ1n) is 15.7. The second-order valence-electron chi connectivity index (χ2n) is 13.0. The summed E-state index contributed by atoms with van der Waals surface area (Å²) in [6.45, 7) is 13.3. The highest BCUT2D eigenvalue weighted by molar-refractivity contribution is 6.99. The molecule has 1 heterocycles. The topological polar surface area (TPSA) is 66.4 Å². The number of aliphatic hydroxyl groups excluding tert-OH is 1. The number of hydrogen-bond acceptors (Lipinski definition) is 6. The highest BCUT2D eigenvalue weighted by Crippen LogP contribution is 2.38. The van der Waals surface area contributed by atoms with Gasteiger partial charge in [-0.05, 0) is 66.7 Å². The third kappa shape index (κ3) is 8.27. The standard InChI is InChI=1S/C37H50O6Si/c1-28(43-44(36(2,3)4,31-16-10-8-11-17-31)32-18-12-9-13-19-32)15-14-20-33(35-34(25-26-38)41-37(5,6)42-35)40-27-29-21-23-30(39-7)24-22-29/h8-14,16-24,28,33-35,38H,15,25-27H2,1-7H3/b20-14-/t28-,33?,34-,35+/m0/s1. The summed E-state index contributed by atoms with van der Waals surface area (Å²) in [4.78, 5) is 0. The van der Waals surface area contributed by atoms with Crippen molar-refractivity contribution in [3.8, 4) is 5.75 Å². The minimum absolute atomic E-state index is 0.0128. The van der Waals surface area contributed by atoms with Gasteiger partial charge in [-0.2, -0.15) is 0 Å². The molecule has 0 bridgehead atoms. The molecule has 0 spiro atoms. The van der Waals surface area contributed by atoms with Gasteiger partial charge in [0.05, 0.1) is 19.8 Å². The summed E-state index contributed by atoms with van der Waals surface area (Å²) in [6.07, 6.45) is 4.32. The van der Waals surface area contributed by atoms with Crippen LogP contribution in [-0.2, 0) is 25.2 Å². The van der Waals surface area contributed by atoms with E-state index in [0.29, 0.717) is 19.4 Å². The number of aliphatic hydroxyl groups is 1. The Balaban J connectivity index is 1.57. The van der Waals surface area contributed by atoms with Gasteiger partial charge in [-0.1, -0.05) is 106 Å². The average Bonchev–Trinajstić information content (AvgIpc) is 3.31. The molecule has 44 heavy (non-hydrogen) atoms. The van der Waals surface area contributed by atoms with E-state index in [1.807, 2.05) is 38.1 Å². The molecule has 0 aromatic heterocycles. The number of rotatable bonds is 14. The molecule has 0 amide bonds. The fourth-order valence-corrected chi connectivity index (χ4v) is 10.8. The maximum atomic E-state index is 9.75. The zero-order valence-electron chi connectivity index (χ0n) is 27.4. The molecule has 0 aliphatic carbocycles. The van der Waals surface area contributed by atoms with E-state index in [4.69, 9.17) is 23.4 Å². The predicted molar refractivity (Wildman–Crippen MR) is 179 cm³/mol. The van der Waals surface area contributed by atoms with Crippen molar-refractivity contribution >= 4 is 18.7 Å². The molecule has 3 aromatic rings. The minimum atomic E-state index is -2.67. The molecular formula is C37H50O6Si. The van der Waals surface area contributed by atoms with Crippen LogP contribution in [0.1, 0.15) is 59.9 Å². The van der Waals surface area contributed by atoms with Crippen LogP contribution in [0.4, 0.5) is 0 Å². The highest BCUT2D eigenvalue weighted by Gasteiger charge is 2.51. The molecule has 238 valence electrons. The van der Waals surface area contributed by atoms with Gasteiger partial charge < -0.3 is 28.5 Å². The van der Waals surface area contributed by atoms with Crippen molar-refractivity contribution in [2.75, 3.05) is 13.7 Å². The van der Waals surface area contributed by atoms with Crippen LogP contribution in [0.5, 0.6) is 5.75 Å². The monoisotopic (exact) mass is 618 g/mol. The largest absolute Gasteiger partial charge is 0.497 e. The van der Waals surface area contributed by atoms with Gasteiger partial charge in [-0.15, -0.1) is 0 Å². The summed E-state index contributed by atoms with van der Waals surface area (Å²) in [7, 11) is -1.01. The van der Waals surface area contributed by atoms with Crippen LogP contribution in [0, 0.1) is 0 Å². The molecule has 6 nitrogen and oxygen atoms in total. The Morgan fingerprint density at radius 1 is 0.909 bits per heavy atom. The SMILES string of the molecule is COc1ccc(COC(/C=C\C[C@H](C)O[Si](c2ccccc2)(c2ccccc2)C(C)(C)C)[C@H]2OC(C)(C)O[C@H]2CCO)cc1. The summed E-state index contributed by atoms with van der Waals surface area (Å²) in [5.74, 6) is 0.0390. The van der Waals surface area contributed by atoms with E-state index >= 15 is 0 Å². The second kappa shape index (κ2) is 15.0. The molecule has 0 radical (unpaired) electrons. The normalized spacial score (nSPS) is 20.1. The zero-order valence-corrected chi connectivity index (χ0v) is 28.4. The first-order chi connectivity index (χ1) is 21.0. The van der Waals surface area contributed by atoms with Crippen molar-refractivity contribution in [3.63, 3.8) is 0 Å². The first-order valence-corrected chi connectivity index (χ1v) is 17.6. The van der Waals surface area contributed by atoms with E-state index in [0.717, 1.165) is 11.3 Å². The van der Waals surface area contributed by atoms with E-state index < -0.39 is 14.1 Å². The number of benzene rings is 3. The Morgan fingerprint density at radius 3 is 2.02 bits per heavy atom. The Labute approximate surface area is 265 Å². The maximum Gasteiger partial charge on any atom is 0.261 e. The summed E-state index contributed by atoms with van der Waals surface area (Å²) in [5.41, 5.74) is 1.03. The summed E-state index contributed by atoms with van der Waals surface area (Å²) >= 11 is 0. The van der Waals surface area contributed by atoms with Crippen molar-refractivity contribution < 1.29 is 28.5 Å². The Kier molecular flexibility index (Phi) is 11.6. The first kappa shape index (κ1) is 34.1. The van der Waals surface area contributed by atoms with E-state index in [1.54, 1.807) is 7.11 Å². The van der Waals surface area contributed by atoms with Gasteiger partial charge in [0.15, 0.2) is 5.79 Å². The molecule has 1 aliphatic rings. The van der Waals surface area contributed by atoms with Crippen molar-refractivity contribution in [1.29, 1.82) is 0 Å². The van der Waals surface area contributed by atoms with Crippen molar-refractivity contribution in [1.82, 2.24) is 0 Å². The number of hydrogen-bond donors (Lipinski definition) is 1. The van der Waals surface area contributed by atoms with Gasteiger partial charge in [-0.3, -0.25) is 0 Å². The molecule has 1 fully saturated rings. The lowest BCUT2D eigenvalue weighted by atomic mass is 10.0. The highest BCUT2D eigenvalue weighted by atomic mass is 28.4. The van der Waals surface area contributed by atoms with Gasteiger partial charge in [0.25, 0.3) is 8.32 Å². The van der Waals surface area contributed by atoms with E-state index in [2.05, 4.69) is 101 Å². The van der Waals surface area contributed by atoms with Crippen LogP contribution in [0.3, 0.4) is 0 Å². The van der Waals surface area contributed by atoms with Gasteiger partial charge in [0.1, 0.15) is 18.0 Å². The molecule has 1 aliphatic heterocycles. The fraction of sp³-hybridized carbons (Fsp3) is 0.459. The molecular weight excluding hydrogens is 568 g/mol. The predicted octanol–water partition coefficient (Wildman–Crippen LogP) is 6.39. The maximum absolute atomic E-state index is 9.75. The molecule has 1 saturated heterocycles. The fourth-order valence-electron chi connectivity index (χ4n) is 6.11. The lowest BCUT2D eigenvalue weighted by Crippen LogP contribution is -2.67. The van der Waals surface area contributed by atoms with Crippen molar-refractivity contribution in [2.45, 2.75) is 96.2 Å². The van der Waals surface area contributed by atoms with E-state index in [9.17, 15) is 5.11 Å². The third-order valence-corrected chi connectivity index (χ3v) is 13.3. The van der Waals surface area contributed by atoms with Gasteiger partial charge in [-0.25, -0.2) is 0 Å². The Bertz CT molecular complexity index is 1260. The van der Waals surface area contributed by atoms with Gasteiger partial charge in [0, 0.05) is 12.7 Å². The molecule has 3 aromatic carbocycles. The molecule has 4 atom stereocenters. The smallest absolute Gasteiger partial charge is 0.261 e. The van der Waals surface area contributed by atoms with Crippen molar-refractivity contribution in [3.05, 3.63) is 103 Å². The van der Waals surface area contributed by atoms with Crippen LogP contribution in [0.25, 0.3) is 0 Å². The minimum Gasteiger partial charge on any atom is -0.497 e. The zero-order chi connectivity index (χ0) is 31.8. The van der Waals surface area contributed by atoms with E-state index in [-0.39, 0.29) is 36.1 Å². The molecule has 1 unspecified atom stereocenters. The molecule has 0 saturated carbocycles. The summed E-state index contributed by atoms with van der Waals surface area (Å²) < 4.78 is 31.6. The van der Waals surface area contributed by atoms with Crippen LogP contribution in [0.15, 0.2) is 97.1 Å². The Morgan fingerprint density at radius 2 is 1.50 bits per heavy atom.